The molecule has 0 spiro atoms. The van der Waals surface area contributed by atoms with E-state index in [2.05, 4.69) is 39.5 Å². The topological polar surface area (TPSA) is 29.3 Å². The maximum atomic E-state index is 6.21. The van der Waals surface area contributed by atoms with Gasteiger partial charge in [-0.25, -0.2) is 0 Å². The molecular weight excluding hydrogens is 256 g/mol. The molecule has 0 bridgehead atoms. The molecule has 1 atom stereocenters. The van der Waals surface area contributed by atoms with Crippen LogP contribution in [0.4, 0.5) is 0 Å². The van der Waals surface area contributed by atoms with Crippen molar-refractivity contribution >= 4 is 0 Å². The van der Waals surface area contributed by atoms with Gasteiger partial charge in [0, 0.05) is 12.6 Å². The van der Waals surface area contributed by atoms with Crippen molar-refractivity contribution in [1.29, 1.82) is 0 Å². The van der Waals surface area contributed by atoms with Gasteiger partial charge >= 0.3 is 0 Å². The lowest BCUT2D eigenvalue weighted by Gasteiger charge is -2.40. The zero-order valence-corrected chi connectivity index (χ0v) is 15.3. The molecule has 0 aromatic heterocycles. The number of hydrogen-bond acceptors (Lipinski definition) is 2. The van der Waals surface area contributed by atoms with Crippen LogP contribution in [0, 0.1) is 23.7 Å². The van der Waals surface area contributed by atoms with Gasteiger partial charge in [-0.1, -0.05) is 47.5 Å². The van der Waals surface area contributed by atoms with E-state index in [-0.39, 0.29) is 0 Å². The van der Waals surface area contributed by atoms with Crippen LogP contribution in [0.25, 0.3) is 0 Å². The number of nitrogens with two attached hydrogens (primary N) is 1. The van der Waals surface area contributed by atoms with Gasteiger partial charge in [0.15, 0.2) is 0 Å². The summed E-state index contributed by atoms with van der Waals surface area (Å²) >= 11 is 0. The van der Waals surface area contributed by atoms with E-state index in [1.807, 2.05) is 0 Å². The summed E-state index contributed by atoms with van der Waals surface area (Å²) in [5.74, 6) is 3.35. The Morgan fingerprint density at radius 1 is 0.905 bits per heavy atom. The Morgan fingerprint density at radius 2 is 1.38 bits per heavy atom. The van der Waals surface area contributed by atoms with Crippen LogP contribution in [0.3, 0.4) is 0 Å². The second-order valence-corrected chi connectivity index (χ2v) is 8.22. The maximum Gasteiger partial charge on any atom is 0.0246 e. The van der Waals surface area contributed by atoms with Gasteiger partial charge < -0.3 is 5.73 Å². The summed E-state index contributed by atoms with van der Waals surface area (Å²) in [4.78, 5) is 2.74. The van der Waals surface area contributed by atoms with E-state index in [0.717, 1.165) is 30.2 Å². The molecule has 0 aromatic carbocycles. The van der Waals surface area contributed by atoms with Crippen molar-refractivity contribution in [2.45, 2.75) is 79.2 Å². The van der Waals surface area contributed by atoms with Gasteiger partial charge in [-0.05, 0) is 62.4 Å². The highest BCUT2D eigenvalue weighted by atomic mass is 15.2. The van der Waals surface area contributed by atoms with E-state index in [1.54, 1.807) is 0 Å². The average Bonchev–Trinajstić information content (AvgIpc) is 2.43. The minimum atomic E-state index is 0.620. The lowest BCUT2D eigenvalue weighted by Crippen LogP contribution is -2.47. The quantitative estimate of drug-likeness (QED) is 0.677. The summed E-state index contributed by atoms with van der Waals surface area (Å²) in [6, 6.07) is 0.620. The number of nitrogens with zero attached hydrogens (tertiary/aromatic N) is 1. The van der Waals surface area contributed by atoms with Crippen LogP contribution in [0.2, 0.25) is 0 Å². The highest BCUT2D eigenvalue weighted by Crippen LogP contribution is 2.32. The van der Waals surface area contributed by atoms with Crippen molar-refractivity contribution in [3.63, 3.8) is 0 Å². The molecular formula is C19H40N2. The molecule has 1 aliphatic carbocycles. The van der Waals surface area contributed by atoms with E-state index < -0.39 is 0 Å². The fraction of sp³-hybridized carbons (Fsp3) is 1.00. The largest absolute Gasteiger partial charge is 0.329 e. The Kier molecular flexibility index (Phi) is 8.89. The second-order valence-electron chi connectivity index (χ2n) is 8.22. The zero-order valence-electron chi connectivity index (χ0n) is 15.3. The van der Waals surface area contributed by atoms with Crippen LogP contribution in [0.15, 0.2) is 0 Å². The average molecular weight is 297 g/mol. The smallest absolute Gasteiger partial charge is 0.0246 e. The molecule has 1 fully saturated rings. The molecule has 1 aliphatic rings. The summed E-state index contributed by atoms with van der Waals surface area (Å²) in [6.07, 6.45) is 8.20. The van der Waals surface area contributed by atoms with Crippen LogP contribution in [0.1, 0.15) is 73.1 Å². The molecule has 1 saturated carbocycles. The third-order valence-electron chi connectivity index (χ3n) is 5.30. The van der Waals surface area contributed by atoms with Gasteiger partial charge in [0.2, 0.25) is 0 Å². The molecule has 0 amide bonds. The summed E-state index contributed by atoms with van der Waals surface area (Å²) < 4.78 is 0. The summed E-state index contributed by atoms with van der Waals surface area (Å²) in [5.41, 5.74) is 6.21. The predicted molar refractivity (Wildman–Crippen MR) is 94.4 cm³/mol. The van der Waals surface area contributed by atoms with Crippen molar-refractivity contribution in [3.8, 4) is 0 Å². The minimum Gasteiger partial charge on any atom is -0.329 e. The van der Waals surface area contributed by atoms with Gasteiger partial charge in [0.1, 0.15) is 0 Å². The van der Waals surface area contributed by atoms with E-state index in [4.69, 9.17) is 5.73 Å². The molecule has 126 valence electrons. The molecule has 0 radical (unpaired) electrons. The normalized spacial score (nSPS) is 25.0. The molecule has 2 N–H and O–H groups in total. The fourth-order valence-corrected chi connectivity index (χ4v) is 3.60. The van der Waals surface area contributed by atoms with Crippen molar-refractivity contribution in [2.75, 3.05) is 19.6 Å². The minimum absolute atomic E-state index is 0.620. The van der Waals surface area contributed by atoms with Crippen LogP contribution >= 0.6 is 0 Å². The fourth-order valence-electron chi connectivity index (χ4n) is 3.60. The SMILES string of the molecule is CC(C)CCN(CCC(C)C)C(CN)C1CCC(C)CC1. The van der Waals surface area contributed by atoms with Crippen LogP contribution in [-0.4, -0.2) is 30.6 Å². The van der Waals surface area contributed by atoms with E-state index in [0.29, 0.717) is 6.04 Å². The first-order valence-electron chi connectivity index (χ1n) is 9.38. The predicted octanol–water partition coefficient (Wildman–Crippen LogP) is 4.53. The maximum absolute atomic E-state index is 6.21. The first-order valence-corrected chi connectivity index (χ1v) is 9.38. The highest BCUT2D eigenvalue weighted by molar-refractivity contribution is 4.84. The highest BCUT2D eigenvalue weighted by Gasteiger charge is 2.29. The van der Waals surface area contributed by atoms with E-state index in [9.17, 15) is 0 Å². The van der Waals surface area contributed by atoms with Gasteiger partial charge in [-0.3, -0.25) is 4.90 Å². The summed E-state index contributed by atoms with van der Waals surface area (Å²) in [6.45, 7) is 15.1. The standard InChI is InChI=1S/C19H40N2/c1-15(2)10-12-21(13-11-16(3)4)19(14-20)18-8-6-17(5)7-9-18/h15-19H,6-14,20H2,1-5H3. The van der Waals surface area contributed by atoms with Crippen molar-refractivity contribution < 1.29 is 0 Å². The van der Waals surface area contributed by atoms with Crippen LogP contribution < -0.4 is 5.73 Å². The number of rotatable bonds is 9. The molecule has 2 heteroatoms. The molecule has 1 unspecified atom stereocenters. The number of hydrogen-bond donors (Lipinski definition) is 1. The molecule has 2 nitrogen and oxygen atoms in total. The molecule has 0 heterocycles. The Bertz CT molecular complexity index is 242. The van der Waals surface area contributed by atoms with E-state index >= 15 is 0 Å². The van der Waals surface area contributed by atoms with E-state index in [1.165, 1.54) is 51.6 Å². The van der Waals surface area contributed by atoms with Crippen molar-refractivity contribution in [2.24, 2.45) is 29.4 Å². The Balaban J connectivity index is 2.61. The lowest BCUT2D eigenvalue weighted by atomic mass is 9.78. The van der Waals surface area contributed by atoms with Gasteiger partial charge in [-0.2, -0.15) is 0 Å². The van der Waals surface area contributed by atoms with Gasteiger partial charge in [0.25, 0.3) is 0 Å². The van der Waals surface area contributed by atoms with Gasteiger partial charge in [0.05, 0.1) is 0 Å². The third kappa shape index (κ3) is 7.15. The van der Waals surface area contributed by atoms with Crippen LogP contribution in [0.5, 0.6) is 0 Å². The molecule has 0 aromatic rings. The summed E-state index contributed by atoms with van der Waals surface area (Å²) in [7, 11) is 0. The zero-order chi connectivity index (χ0) is 15.8. The monoisotopic (exact) mass is 296 g/mol. The molecule has 1 rings (SSSR count). The third-order valence-corrected chi connectivity index (χ3v) is 5.30. The lowest BCUT2D eigenvalue weighted by molar-refractivity contribution is 0.102. The Hall–Kier alpha value is -0.0800. The second kappa shape index (κ2) is 9.84. The summed E-state index contributed by atoms with van der Waals surface area (Å²) in [5, 5.41) is 0. The Labute approximate surface area is 133 Å². The Morgan fingerprint density at radius 3 is 1.76 bits per heavy atom. The molecule has 0 saturated heterocycles. The first-order chi connectivity index (χ1) is 9.93. The van der Waals surface area contributed by atoms with Gasteiger partial charge in [-0.15, -0.1) is 0 Å². The molecule has 21 heavy (non-hydrogen) atoms. The molecule has 0 aliphatic heterocycles. The van der Waals surface area contributed by atoms with Crippen LogP contribution in [-0.2, 0) is 0 Å². The first kappa shape index (κ1) is 19.0. The van der Waals surface area contributed by atoms with Crippen molar-refractivity contribution in [1.82, 2.24) is 4.90 Å². The van der Waals surface area contributed by atoms with Crippen molar-refractivity contribution in [3.05, 3.63) is 0 Å².